The van der Waals surface area contributed by atoms with Gasteiger partial charge in [-0.3, -0.25) is 10.1 Å². The van der Waals surface area contributed by atoms with Gasteiger partial charge in [-0.1, -0.05) is 30.5 Å². The Morgan fingerprint density at radius 1 is 1.00 bits per heavy atom. The number of carbonyl (C=O) groups excluding carboxylic acids is 1. The van der Waals surface area contributed by atoms with Crippen molar-refractivity contribution in [3.8, 4) is 0 Å². The highest BCUT2D eigenvalue weighted by molar-refractivity contribution is 7.89. The summed E-state index contributed by atoms with van der Waals surface area (Å²) in [5.74, 6) is -0.384. The average Bonchev–Trinajstić information content (AvgIpc) is 2.98. The van der Waals surface area contributed by atoms with Crippen LogP contribution in [0.2, 0.25) is 5.02 Å². The van der Waals surface area contributed by atoms with Gasteiger partial charge in [-0.15, -0.1) is 0 Å². The Morgan fingerprint density at radius 3 is 2.28 bits per heavy atom. The third-order valence-electron chi connectivity index (χ3n) is 4.63. The van der Waals surface area contributed by atoms with Crippen LogP contribution in [0.15, 0.2) is 53.4 Å². The smallest absolute Gasteiger partial charge is 0.257 e. The summed E-state index contributed by atoms with van der Waals surface area (Å²) < 4.78 is 27.2. The standard InChI is InChI=1S/C20H22ClN3O3S2/c21-16-7-5-6-15(14-16)19(25)23-20(28)22-17-8-10-18(11-9-17)29(26,27)24-12-3-1-2-4-13-24/h5-11,14H,1-4,12-13H2,(H2,22,23,25,28). The zero-order chi connectivity index (χ0) is 20.9. The Kier molecular flexibility index (Phi) is 7.23. The first-order valence-electron chi connectivity index (χ1n) is 9.34. The van der Waals surface area contributed by atoms with Crippen LogP contribution in [0.25, 0.3) is 0 Å². The molecule has 1 heterocycles. The number of carbonyl (C=O) groups is 1. The van der Waals surface area contributed by atoms with Crippen molar-refractivity contribution >= 4 is 50.5 Å². The van der Waals surface area contributed by atoms with Crippen LogP contribution in [0.3, 0.4) is 0 Å². The Balaban J connectivity index is 1.62. The molecule has 29 heavy (non-hydrogen) atoms. The lowest BCUT2D eigenvalue weighted by Gasteiger charge is -2.20. The van der Waals surface area contributed by atoms with E-state index in [-0.39, 0.29) is 15.9 Å². The van der Waals surface area contributed by atoms with Gasteiger partial charge in [-0.05, 0) is 67.5 Å². The molecule has 9 heteroatoms. The molecular weight excluding hydrogens is 430 g/mol. The van der Waals surface area contributed by atoms with Gasteiger partial charge in [-0.25, -0.2) is 8.42 Å². The van der Waals surface area contributed by atoms with Gasteiger partial charge < -0.3 is 5.32 Å². The van der Waals surface area contributed by atoms with E-state index in [4.69, 9.17) is 23.8 Å². The van der Waals surface area contributed by atoms with Crippen LogP contribution in [0.1, 0.15) is 36.0 Å². The number of benzene rings is 2. The lowest BCUT2D eigenvalue weighted by atomic mass is 10.2. The molecule has 0 unspecified atom stereocenters. The molecule has 3 rings (SSSR count). The van der Waals surface area contributed by atoms with Crippen LogP contribution < -0.4 is 10.6 Å². The summed E-state index contributed by atoms with van der Waals surface area (Å²) in [6.07, 6.45) is 3.90. The van der Waals surface area contributed by atoms with E-state index in [1.54, 1.807) is 52.8 Å². The molecular formula is C20H22ClN3O3S2. The summed E-state index contributed by atoms with van der Waals surface area (Å²) in [5.41, 5.74) is 0.969. The van der Waals surface area contributed by atoms with E-state index in [0.717, 1.165) is 25.7 Å². The molecule has 2 N–H and O–H groups in total. The molecule has 1 fully saturated rings. The first-order valence-corrected chi connectivity index (χ1v) is 11.6. The largest absolute Gasteiger partial charge is 0.332 e. The van der Waals surface area contributed by atoms with Gasteiger partial charge in [0.2, 0.25) is 10.0 Å². The summed E-state index contributed by atoms with van der Waals surface area (Å²) in [6, 6.07) is 12.9. The summed E-state index contributed by atoms with van der Waals surface area (Å²) >= 11 is 11.1. The van der Waals surface area contributed by atoms with Crippen molar-refractivity contribution in [2.75, 3.05) is 18.4 Å². The number of nitrogens with one attached hydrogen (secondary N) is 2. The minimum Gasteiger partial charge on any atom is -0.332 e. The number of thiocarbonyl (C=S) groups is 1. The van der Waals surface area contributed by atoms with E-state index >= 15 is 0 Å². The lowest BCUT2D eigenvalue weighted by Crippen LogP contribution is -2.34. The third kappa shape index (κ3) is 5.76. The molecule has 1 aliphatic heterocycles. The third-order valence-corrected chi connectivity index (χ3v) is 6.98. The fourth-order valence-corrected chi connectivity index (χ4v) is 5.03. The zero-order valence-corrected chi connectivity index (χ0v) is 18.1. The second-order valence-electron chi connectivity index (χ2n) is 6.76. The maximum Gasteiger partial charge on any atom is 0.257 e. The van der Waals surface area contributed by atoms with E-state index in [9.17, 15) is 13.2 Å². The highest BCUT2D eigenvalue weighted by Gasteiger charge is 2.24. The predicted molar refractivity (Wildman–Crippen MR) is 119 cm³/mol. The molecule has 0 radical (unpaired) electrons. The monoisotopic (exact) mass is 451 g/mol. The van der Waals surface area contributed by atoms with Gasteiger partial charge in [0.15, 0.2) is 5.11 Å². The molecule has 0 atom stereocenters. The van der Waals surface area contributed by atoms with Gasteiger partial charge in [0, 0.05) is 29.4 Å². The second kappa shape index (κ2) is 9.67. The molecule has 0 aliphatic carbocycles. The van der Waals surface area contributed by atoms with Crippen molar-refractivity contribution < 1.29 is 13.2 Å². The van der Waals surface area contributed by atoms with Crippen LogP contribution in [0.4, 0.5) is 5.69 Å². The number of sulfonamides is 1. The first-order chi connectivity index (χ1) is 13.9. The van der Waals surface area contributed by atoms with E-state index in [1.807, 2.05) is 0 Å². The van der Waals surface area contributed by atoms with Crippen molar-refractivity contribution in [2.24, 2.45) is 0 Å². The highest BCUT2D eigenvalue weighted by atomic mass is 35.5. The minimum atomic E-state index is -3.50. The Labute approximate surface area is 181 Å². The number of hydrogen-bond donors (Lipinski definition) is 2. The van der Waals surface area contributed by atoms with Crippen LogP contribution in [-0.4, -0.2) is 36.8 Å². The molecule has 0 aromatic heterocycles. The van der Waals surface area contributed by atoms with Crippen LogP contribution in [0.5, 0.6) is 0 Å². The lowest BCUT2D eigenvalue weighted by molar-refractivity contribution is 0.0977. The van der Waals surface area contributed by atoms with Gasteiger partial charge in [0.05, 0.1) is 4.90 Å². The second-order valence-corrected chi connectivity index (χ2v) is 9.54. The van der Waals surface area contributed by atoms with E-state index in [1.165, 1.54) is 0 Å². The Hall–Kier alpha value is -2.00. The molecule has 1 saturated heterocycles. The van der Waals surface area contributed by atoms with Gasteiger partial charge in [0.1, 0.15) is 0 Å². The molecule has 6 nitrogen and oxygen atoms in total. The predicted octanol–water partition coefficient (Wildman–Crippen LogP) is 4.03. The summed E-state index contributed by atoms with van der Waals surface area (Å²) in [7, 11) is -3.50. The summed E-state index contributed by atoms with van der Waals surface area (Å²) in [4.78, 5) is 12.5. The Morgan fingerprint density at radius 2 is 1.66 bits per heavy atom. The fraction of sp³-hybridized carbons (Fsp3) is 0.300. The summed E-state index contributed by atoms with van der Waals surface area (Å²) in [5, 5.41) is 6.02. The minimum absolute atomic E-state index is 0.109. The van der Waals surface area contributed by atoms with E-state index < -0.39 is 10.0 Å². The van der Waals surface area contributed by atoms with E-state index in [0.29, 0.717) is 29.4 Å². The summed E-state index contributed by atoms with van der Waals surface area (Å²) in [6.45, 7) is 1.11. The van der Waals surface area contributed by atoms with Crippen molar-refractivity contribution in [3.63, 3.8) is 0 Å². The molecule has 1 amide bonds. The number of halogens is 1. The van der Waals surface area contributed by atoms with Gasteiger partial charge in [0.25, 0.3) is 5.91 Å². The molecule has 2 aromatic rings. The molecule has 0 saturated carbocycles. The maximum atomic E-state index is 12.8. The van der Waals surface area contributed by atoms with Crippen LogP contribution >= 0.6 is 23.8 Å². The quantitative estimate of drug-likeness (QED) is 0.686. The van der Waals surface area contributed by atoms with E-state index in [2.05, 4.69) is 10.6 Å². The van der Waals surface area contributed by atoms with Gasteiger partial charge in [-0.2, -0.15) is 4.31 Å². The van der Waals surface area contributed by atoms with Crippen molar-refractivity contribution in [1.29, 1.82) is 0 Å². The molecule has 1 aliphatic rings. The van der Waals surface area contributed by atoms with Gasteiger partial charge >= 0.3 is 0 Å². The molecule has 2 aromatic carbocycles. The maximum absolute atomic E-state index is 12.8. The molecule has 154 valence electrons. The highest BCUT2D eigenvalue weighted by Crippen LogP contribution is 2.21. The first kappa shape index (κ1) is 21.7. The van der Waals surface area contributed by atoms with Crippen molar-refractivity contribution in [1.82, 2.24) is 9.62 Å². The number of anilines is 1. The number of amides is 1. The molecule has 0 bridgehead atoms. The number of nitrogens with zero attached hydrogens (tertiary/aromatic N) is 1. The van der Waals surface area contributed by atoms with Crippen LogP contribution in [-0.2, 0) is 10.0 Å². The fourth-order valence-electron chi connectivity index (χ4n) is 3.11. The topological polar surface area (TPSA) is 78.5 Å². The Bertz CT molecular complexity index is 986. The van der Waals surface area contributed by atoms with Crippen molar-refractivity contribution in [2.45, 2.75) is 30.6 Å². The molecule has 0 spiro atoms. The average molecular weight is 452 g/mol. The zero-order valence-electron chi connectivity index (χ0n) is 15.7. The van der Waals surface area contributed by atoms with Crippen molar-refractivity contribution in [3.05, 3.63) is 59.1 Å². The van der Waals surface area contributed by atoms with Crippen LogP contribution in [0, 0.1) is 0 Å². The number of rotatable bonds is 4. The normalized spacial score (nSPS) is 15.3. The SMILES string of the molecule is O=C(NC(=S)Nc1ccc(S(=O)(=O)N2CCCCCC2)cc1)c1cccc(Cl)c1. The number of hydrogen-bond acceptors (Lipinski definition) is 4.